The summed E-state index contributed by atoms with van der Waals surface area (Å²) in [5.41, 5.74) is -0.0592. The van der Waals surface area contributed by atoms with Gasteiger partial charge in [-0.05, 0) is 34.1 Å². The number of rotatable bonds is 0. The monoisotopic (exact) mass is 281 g/mol. The molecule has 0 bridgehead atoms. The molecule has 0 radical (unpaired) electrons. The maximum Gasteiger partial charge on any atom is 0.416 e. The second kappa shape index (κ2) is 3.20. The van der Waals surface area contributed by atoms with Gasteiger partial charge in [-0.15, -0.1) is 11.3 Å². The van der Waals surface area contributed by atoms with Crippen molar-refractivity contribution in [1.82, 2.24) is 4.98 Å². The van der Waals surface area contributed by atoms with Crippen LogP contribution in [0.15, 0.2) is 22.1 Å². The number of hydrogen-bond acceptors (Lipinski definition) is 2. The molecule has 74 valence electrons. The number of benzene rings is 1. The fraction of sp³-hybridized carbons (Fsp3) is 0.125. The van der Waals surface area contributed by atoms with Gasteiger partial charge in [0.25, 0.3) is 0 Å². The molecule has 0 aliphatic rings. The number of halogens is 4. The Morgan fingerprint density at radius 2 is 2.00 bits per heavy atom. The molecule has 14 heavy (non-hydrogen) atoms. The molecule has 1 nitrogen and oxygen atoms in total. The van der Waals surface area contributed by atoms with Gasteiger partial charge < -0.3 is 0 Å². The lowest BCUT2D eigenvalue weighted by Gasteiger charge is -2.04. The lowest BCUT2D eigenvalue weighted by molar-refractivity contribution is -0.137. The van der Waals surface area contributed by atoms with Crippen LogP contribution in [0.5, 0.6) is 0 Å². The molecule has 1 heterocycles. The summed E-state index contributed by atoms with van der Waals surface area (Å²) >= 11 is 4.31. The van der Waals surface area contributed by atoms with E-state index in [9.17, 15) is 13.2 Å². The molecule has 0 aliphatic heterocycles. The van der Waals surface area contributed by atoms with Crippen molar-refractivity contribution in [2.45, 2.75) is 6.18 Å². The number of aromatic nitrogens is 1. The number of fused-ring (bicyclic) bond motifs is 1. The van der Waals surface area contributed by atoms with Gasteiger partial charge in [0, 0.05) is 0 Å². The quantitative estimate of drug-likeness (QED) is 0.709. The number of nitrogens with zero attached hydrogens (tertiary/aromatic N) is 1. The smallest absolute Gasteiger partial charge is 0.229 e. The molecule has 0 unspecified atom stereocenters. The topological polar surface area (TPSA) is 12.9 Å². The van der Waals surface area contributed by atoms with Crippen LogP contribution in [-0.2, 0) is 6.18 Å². The zero-order valence-electron chi connectivity index (χ0n) is 6.60. The molecule has 0 saturated heterocycles. The predicted octanol–water partition coefficient (Wildman–Crippen LogP) is 4.08. The van der Waals surface area contributed by atoms with Gasteiger partial charge in [-0.25, -0.2) is 4.98 Å². The number of hydrogen-bond donors (Lipinski definition) is 0. The third-order valence-electron chi connectivity index (χ3n) is 1.69. The highest BCUT2D eigenvalue weighted by molar-refractivity contribution is 9.11. The first kappa shape index (κ1) is 9.92. The normalized spacial score (nSPS) is 12.3. The summed E-state index contributed by atoms with van der Waals surface area (Å²) in [6, 6.07) is 3.52. The lowest BCUT2D eigenvalue weighted by atomic mass is 10.2. The maximum atomic E-state index is 12.3. The molecule has 0 atom stereocenters. The van der Waals surface area contributed by atoms with Crippen LogP contribution in [0.25, 0.3) is 10.2 Å². The van der Waals surface area contributed by atoms with Crippen molar-refractivity contribution < 1.29 is 13.2 Å². The van der Waals surface area contributed by atoms with Crippen LogP contribution < -0.4 is 0 Å². The summed E-state index contributed by atoms with van der Waals surface area (Å²) in [6.45, 7) is 0. The van der Waals surface area contributed by atoms with Crippen molar-refractivity contribution in [3.63, 3.8) is 0 Å². The first-order valence-electron chi connectivity index (χ1n) is 3.60. The van der Waals surface area contributed by atoms with Gasteiger partial charge in [-0.1, -0.05) is 0 Å². The molecular formula is C8H3BrF3NS. The second-order valence-electron chi connectivity index (χ2n) is 2.65. The van der Waals surface area contributed by atoms with E-state index in [4.69, 9.17) is 0 Å². The largest absolute Gasteiger partial charge is 0.416 e. The minimum absolute atomic E-state index is 0.534. The van der Waals surface area contributed by atoms with E-state index in [1.54, 1.807) is 0 Å². The van der Waals surface area contributed by atoms with Crippen LogP contribution in [0, 0.1) is 0 Å². The molecule has 0 spiro atoms. The van der Waals surface area contributed by atoms with E-state index in [0.717, 1.165) is 12.1 Å². The first-order chi connectivity index (χ1) is 6.47. The van der Waals surface area contributed by atoms with Crippen molar-refractivity contribution in [2.75, 3.05) is 0 Å². The van der Waals surface area contributed by atoms with Gasteiger partial charge in [-0.3, -0.25) is 0 Å². The van der Waals surface area contributed by atoms with Crippen LogP contribution in [0.1, 0.15) is 5.56 Å². The summed E-state index contributed by atoms with van der Waals surface area (Å²) < 4.78 is 38.0. The Morgan fingerprint density at radius 3 is 2.64 bits per heavy atom. The van der Waals surface area contributed by atoms with E-state index in [0.29, 0.717) is 14.1 Å². The average molecular weight is 282 g/mol. The highest BCUT2D eigenvalue weighted by atomic mass is 79.9. The Balaban J connectivity index is 2.62. The molecule has 2 aromatic rings. The molecule has 0 N–H and O–H groups in total. The highest BCUT2D eigenvalue weighted by Crippen LogP contribution is 2.34. The molecule has 0 fully saturated rings. The van der Waals surface area contributed by atoms with E-state index in [2.05, 4.69) is 20.9 Å². The molecule has 2 rings (SSSR count). The Kier molecular flexibility index (Phi) is 2.27. The second-order valence-corrected chi connectivity index (χ2v) is 4.95. The summed E-state index contributed by atoms with van der Waals surface area (Å²) in [5, 5.41) is 0. The van der Waals surface area contributed by atoms with E-state index in [1.807, 2.05) is 0 Å². The van der Waals surface area contributed by atoms with Gasteiger partial charge >= 0.3 is 6.18 Å². The lowest BCUT2D eigenvalue weighted by Crippen LogP contribution is -2.03. The molecule has 1 aromatic heterocycles. The van der Waals surface area contributed by atoms with E-state index in [1.165, 1.54) is 17.4 Å². The van der Waals surface area contributed by atoms with Crippen molar-refractivity contribution in [3.05, 3.63) is 27.7 Å². The van der Waals surface area contributed by atoms with Gasteiger partial charge in [0.1, 0.15) is 0 Å². The molecule has 0 saturated carbocycles. The van der Waals surface area contributed by atoms with Gasteiger partial charge in [0.15, 0.2) is 3.92 Å². The summed E-state index contributed by atoms with van der Waals surface area (Å²) in [4.78, 5) is 4.00. The van der Waals surface area contributed by atoms with Crippen LogP contribution in [-0.4, -0.2) is 4.98 Å². The zero-order valence-corrected chi connectivity index (χ0v) is 9.00. The van der Waals surface area contributed by atoms with Crippen LogP contribution >= 0.6 is 27.3 Å². The fourth-order valence-electron chi connectivity index (χ4n) is 1.07. The van der Waals surface area contributed by atoms with E-state index >= 15 is 0 Å². The third kappa shape index (κ3) is 1.76. The molecular weight excluding hydrogens is 279 g/mol. The van der Waals surface area contributed by atoms with Gasteiger partial charge in [0.2, 0.25) is 0 Å². The van der Waals surface area contributed by atoms with Crippen molar-refractivity contribution in [1.29, 1.82) is 0 Å². The molecule has 0 aliphatic carbocycles. The van der Waals surface area contributed by atoms with Crippen LogP contribution in [0.4, 0.5) is 13.2 Å². The Labute approximate surface area is 89.7 Å². The van der Waals surface area contributed by atoms with Crippen LogP contribution in [0.2, 0.25) is 0 Å². The van der Waals surface area contributed by atoms with Crippen molar-refractivity contribution >= 4 is 37.5 Å². The number of thiazole rings is 1. The minimum Gasteiger partial charge on any atom is -0.229 e. The SMILES string of the molecule is FC(F)(F)c1ccc2nc(Br)sc2c1. The Bertz CT molecular complexity index is 477. The van der Waals surface area contributed by atoms with Crippen molar-refractivity contribution in [2.24, 2.45) is 0 Å². The summed E-state index contributed by atoms with van der Waals surface area (Å²) in [6.07, 6.45) is -4.29. The van der Waals surface area contributed by atoms with Crippen molar-refractivity contribution in [3.8, 4) is 0 Å². The third-order valence-corrected chi connectivity index (χ3v) is 3.16. The fourth-order valence-corrected chi connectivity index (χ4v) is 2.52. The van der Waals surface area contributed by atoms with E-state index in [-0.39, 0.29) is 0 Å². The summed E-state index contributed by atoms with van der Waals surface area (Å²) in [7, 11) is 0. The molecule has 0 amide bonds. The average Bonchev–Trinajstić information content (AvgIpc) is 2.41. The highest BCUT2D eigenvalue weighted by Gasteiger charge is 2.30. The Morgan fingerprint density at radius 1 is 1.29 bits per heavy atom. The minimum atomic E-state index is -4.29. The molecule has 6 heteroatoms. The van der Waals surface area contributed by atoms with Gasteiger partial charge in [0.05, 0.1) is 15.8 Å². The summed E-state index contributed by atoms with van der Waals surface area (Å²) in [5.74, 6) is 0. The van der Waals surface area contributed by atoms with E-state index < -0.39 is 11.7 Å². The molecule has 1 aromatic carbocycles. The predicted molar refractivity (Wildman–Crippen MR) is 52.3 cm³/mol. The van der Waals surface area contributed by atoms with Crippen LogP contribution in [0.3, 0.4) is 0 Å². The zero-order chi connectivity index (χ0) is 10.3. The van der Waals surface area contributed by atoms with Gasteiger partial charge in [-0.2, -0.15) is 13.2 Å². The Hall–Kier alpha value is -0.620. The number of alkyl halides is 3. The standard InChI is InChI=1S/C8H3BrF3NS/c9-7-13-5-2-1-4(8(10,11)12)3-6(5)14-7/h1-3H. The maximum absolute atomic E-state index is 12.3. The first-order valence-corrected chi connectivity index (χ1v) is 5.21.